The molecule has 19 heavy (non-hydrogen) atoms. The summed E-state index contributed by atoms with van der Waals surface area (Å²) in [6.45, 7) is 1.75. The summed E-state index contributed by atoms with van der Waals surface area (Å²) < 4.78 is 5.12. The van der Waals surface area contributed by atoms with Crippen molar-refractivity contribution in [1.29, 1.82) is 0 Å². The van der Waals surface area contributed by atoms with E-state index in [1.54, 1.807) is 42.7 Å². The summed E-state index contributed by atoms with van der Waals surface area (Å²) in [5.41, 5.74) is 1.08. The Morgan fingerprint density at radius 2 is 2.05 bits per heavy atom. The molecular weight excluding hydrogens is 244 g/mol. The highest BCUT2D eigenvalue weighted by atomic mass is 16.3. The van der Waals surface area contributed by atoms with Crippen LogP contribution in [0.1, 0.15) is 23.0 Å². The topological polar surface area (TPSA) is 71.3 Å². The van der Waals surface area contributed by atoms with Gasteiger partial charge in [0.2, 0.25) is 5.91 Å². The molecule has 2 N–H and O–H groups in total. The van der Waals surface area contributed by atoms with Gasteiger partial charge in [0.05, 0.1) is 12.8 Å². The Bertz CT molecular complexity index is 576. The molecule has 5 heteroatoms. The van der Waals surface area contributed by atoms with Crippen molar-refractivity contribution in [3.8, 4) is 0 Å². The second-order valence-electron chi connectivity index (χ2n) is 4.02. The number of amides is 2. The molecule has 0 saturated carbocycles. The lowest BCUT2D eigenvalue weighted by atomic mass is 10.2. The van der Waals surface area contributed by atoms with Gasteiger partial charge in [0.15, 0.2) is 0 Å². The Balaban J connectivity index is 2.00. The van der Waals surface area contributed by atoms with Crippen molar-refractivity contribution in [2.75, 3.05) is 5.32 Å². The molecule has 0 spiro atoms. The van der Waals surface area contributed by atoms with Crippen LogP contribution in [0, 0.1) is 0 Å². The fourth-order valence-corrected chi connectivity index (χ4v) is 1.62. The van der Waals surface area contributed by atoms with Gasteiger partial charge < -0.3 is 15.1 Å². The third-order valence-corrected chi connectivity index (χ3v) is 2.45. The normalized spacial score (nSPS) is 9.95. The summed E-state index contributed by atoms with van der Waals surface area (Å²) in [4.78, 5) is 22.9. The molecule has 1 aromatic heterocycles. The standard InChI is InChI=1S/C14H14N2O3/c1-10(17)16-12-5-2-4-11(8-12)14(18)15-9-13-6-3-7-19-13/h2-8H,9H2,1H3,(H,15,18)(H,16,17). The van der Waals surface area contributed by atoms with Crippen LogP contribution in [0.3, 0.4) is 0 Å². The maximum absolute atomic E-state index is 11.9. The van der Waals surface area contributed by atoms with Gasteiger partial charge in [-0.15, -0.1) is 0 Å². The number of hydrogen-bond acceptors (Lipinski definition) is 3. The maximum atomic E-state index is 11.9. The van der Waals surface area contributed by atoms with Gasteiger partial charge in [0.25, 0.3) is 5.91 Å². The quantitative estimate of drug-likeness (QED) is 0.882. The molecule has 2 amide bonds. The zero-order chi connectivity index (χ0) is 13.7. The van der Waals surface area contributed by atoms with Crippen LogP contribution in [-0.4, -0.2) is 11.8 Å². The van der Waals surface area contributed by atoms with Crippen LogP contribution >= 0.6 is 0 Å². The molecule has 0 aliphatic rings. The van der Waals surface area contributed by atoms with Crippen molar-refractivity contribution >= 4 is 17.5 Å². The van der Waals surface area contributed by atoms with E-state index in [9.17, 15) is 9.59 Å². The van der Waals surface area contributed by atoms with Gasteiger partial charge in [0.1, 0.15) is 5.76 Å². The molecule has 0 radical (unpaired) electrons. The van der Waals surface area contributed by atoms with Crippen LogP contribution in [0.25, 0.3) is 0 Å². The molecule has 0 fully saturated rings. The molecule has 0 aliphatic heterocycles. The molecular formula is C14H14N2O3. The van der Waals surface area contributed by atoms with Gasteiger partial charge in [-0.2, -0.15) is 0 Å². The molecule has 1 heterocycles. The second kappa shape index (κ2) is 5.86. The minimum absolute atomic E-state index is 0.173. The minimum Gasteiger partial charge on any atom is -0.467 e. The highest BCUT2D eigenvalue weighted by molar-refractivity contribution is 5.96. The van der Waals surface area contributed by atoms with Gasteiger partial charge in [-0.05, 0) is 30.3 Å². The molecule has 2 aromatic rings. The zero-order valence-corrected chi connectivity index (χ0v) is 10.5. The summed E-state index contributed by atoms with van der Waals surface area (Å²) in [6, 6.07) is 10.3. The largest absolute Gasteiger partial charge is 0.467 e. The predicted octanol–water partition coefficient (Wildman–Crippen LogP) is 2.17. The van der Waals surface area contributed by atoms with Gasteiger partial charge >= 0.3 is 0 Å². The lowest BCUT2D eigenvalue weighted by molar-refractivity contribution is -0.114. The average molecular weight is 258 g/mol. The number of furan rings is 1. The number of carbonyl (C=O) groups excluding carboxylic acids is 2. The first-order valence-electron chi connectivity index (χ1n) is 5.83. The number of anilines is 1. The van der Waals surface area contributed by atoms with Crippen LogP contribution < -0.4 is 10.6 Å². The third kappa shape index (κ3) is 3.70. The smallest absolute Gasteiger partial charge is 0.251 e. The van der Waals surface area contributed by atoms with Gasteiger partial charge in [0, 0.05) is 18.2 Å². The Morgan fingerprint density at radius 3 is 2.74 bits per heavy atom. The number of benzene rings is 1. The predicted molar refractivity (Wildman–Crippen MR) is 70.6 cm³/mol. The van der Waals surface area contributed by atoms with E-state index in [4.69, 9.17) is 4.42 Å². The lowest BCUT2D eigenvalue weighted by Crippen LogP contribution is -2.22. The van der Waals surface area contributed by atoms with E-state index in [1.807, 2.05) is 0 Å². The van der Waals surface area contributed by atoms with Crippen molar-refractivity contribution in [3.05, 3.63) is 54.0 Å². The van der Waals surface area contributed by atoms with Crippen molar-refractivity contribution in [1.82, 2.24) is 5.32 Å². The van der Waals surface area contributed by atoms with E-state index in [0.717, 1.165) is 0 Å². The van der Waals surface area contributed by atoms with Crippen molar-refractivity contribution in [2.45, 2.75) is 13.5 Å². The fraction of sp³-hybridized carbons (Fsp3) is 0.143. The second-order valence-corrected chi connectivity index (χ2v) is 4.02. The SMILES string of the molecule is CC(=O)Nc1cccc(C(=O)NCc2ccco2)c1. The van der Waals surface area contributed by atoms with E-state index >= 15 is 0 Å². The summed E-state index contributed by atoms with van der Waals surface area (Å²) in [6.07, 6.45) is 1.55. The van der Waals surface area contributed by atoms with Gasteiger partial charge in [-0.1, -0.05) is 6.07 Å². The highest BCUT2D eigenvalue weighted by Crippen LogP contribution is 2.10. The third-order valence-electron chi connectivity index (χ3n) is 2.45. The van der Waals surface area contributed by atoms with Gasteiger partial charge in [-0.25, -0.2) is 0 Å². The summed E-state index contributed by atoms with van der Waals surface area (Å²) >= 11 is 0. The number of rotatable bonds is 4. The molecule has 1 aromatic carbocycles. The molecule has 98 valence electrons. The average Bonchev–Trinajstić information content (AvgIpc) is 2.88. The molecule has 0 saturated heterocycles. The van der Waals surface area contributed by atoms with Crippen LogP contribution in [0.15, 0.2) is 47.1 Å². The molecule has 2 rings (SSSR count). The number of nitrogens with one attached hydrogen (secondary N) is 2. The molecule has 0 atom stereocenters. The van der Waals surface area contributed by atoms with Crippen molar-refractivity contribution in [2.24, 2.45) is 0 Å². The van der Waals surface area contributed by atoms with Crippen molar-refractivity contribution < 1.29 is 14.0 Å². The first-order chi connectivity index (χ1) is 9.15. The highest BCUT2D eigenvalue weighted by Gasteiger charge is 2.07. The van der Waals surface area contributed by atoms with Gasteiger partial charge in [-0.3, -0.25) is 9.59 Å². The molecule has 5 nitrogen and oxygen atoms in total. The summed E-state index contributed by atoms with van der Waals surface area (Å²) in [5, 5.41) is 5.37. The number of carbonyl (C=O) groups is 2. The fourth-order valence-electron chi connectivity index (χ4n) is 1.62. The van der Waals surface area contributed by atoms with E-state index < -0.39 is 0 Å². The zero-order valence-electron chi connectivity index (χ0n) is 10.5. The van der Waals surface area contributed by atoms with E-state index in [0.29, 0.717) is 23.6 Å². The van der Waals surface area contributed by atoms with E-state index in [2.05, 4.69) is 10.6 Å². The Hall–Kier alpha value is -2.56. The monoisotopic (exact) mass is 258 g/mol. The molecule has 0 aliphatic carbocycles. The van der Waals surface area contributed by atoms with Crippen LogP contribution in [0.4, 0.5) is 5.69 Å². The van der Waals surface area contributed by atoms with Crippen LogP contribution in [0.2, 0.25) is 0 Å². The minimum atomic E-state index is -0.219. The lowest BCUT2D eigenvalue weighted by Gasteiger charge is -2.06. The van der Waals surface area contributed by atoms with Crippen LogP contribution in [0.5, 0.6) is 0 Å². The molecule has 0 unspecified atom stereocenters. The van der Waals surface area contributed by atoms with Crippen molar-refractivity contribution in [3.63, 3.8) is 0 Å². The summed E-state index contributed by atoms with van der Waals surface area (Å²) in [5.74, 6) is 0.295. The Morgan fingerprint density at radius 1 is 1.21 bits per heavy atom. The van der Waals surface area contributed by atoms with Crippen LogP contribution in [-0.2, 0) is 11.3 Å². The first-order valence-corrected chi connectivity index (χ1v) is 5.83. The Kier molecular flexibility index (Phi) is 3.97. The van der Waals surface area contributed by atoms with E-state index in [-0.39, 0.29) is 11.8 Å². The Labute approximate surface area is 110 Å². The molecule has 0 bridgehead atoms. The first kappa shape index (κ1) is 12.9. The number of hydrogen-bond donors (Lipinski definition) is 2. The summed E-state index contributed by atoms with van der Waals surface area (Å²) in [7, 11) is 0. The van der Waals surface area contributed by atoms with E-state index in [1.165, 1.54) is 6.92 Å². The maximum Gasteiger partial charge on any atom is 0.251 e.